The lowest BCUT2D eigenvalue weighted by Gasteiger charge is -2.40. The highest BCUT2D eigenvalue weighted by Crippen LogP contribution is 2.44. The minimum absolute atomic E-state index is 0.845. The Morgan fingerprint density at radius 2 is 1.33 bits per heavy atom. The standard InChI is InChI=1S/C27H44/c1-4-5-9-23-12-14-26(15-13-23)22(3)27-18-16-25(17-19-27)21(2)20-24-10-7-6-8-11-24/h6-8,10-11,21-23,25-27H,4-5,9,12-20H2,1-3H3. The first-order chi connectivity index (χ1) is 13.2. The first-order valence-electron chi connectivity index (χ1n) is 12.2. The van der Waals surface area contributed by atoms with Crippen LogP contribution in [0.1, 0.15) is 97.0 Å². The molecule has 0 radical (unpaired) electrons. The third-order valence-corrected chi connectivity index (χ3v) is 8.37. The summed E-state index contributed by atoms with van der Waals surface area (Å²) < 4.78 is 0. The SMILES string of the molecule is CCCCC1CCC(C(C)C2CCC(C(C)Cc3ccccc3)CC2)CC1. The zero-order chi connectivity index (χ0) is 19.1. The fourth-order valence-electron chi connectivity index (χ4n) is 6.27. The fraction of sp³-hybridized carbons (Fsp3) is 0.778. The normalized spacial score (nSPS) is 31.4. The summed E-state index contributed by atoms with van der Waals surface area (Å²) in [6.45, 7) is 7.44. The van der Waals surface area contributed by atoms with Gasteiger partial charge in [0.15, 0.2) is 0 Å². The topological polar surface area (TPSA) is 0 Å². The van der Waals surface area contributed by atoms with Crippen molar-refractivity contribution in [1.82, 2.24) is 0 Å². The molecular weight excluding hydrogens is 324 g/mol. The Bertz CT molecular complexity index is 502. The van der Waals surface area contributed by atoms with Crippen molar-refractivity contribution in [1.29, 1.82) is 0 Å². The van der Waals surface area contributed by atoms with E-state index in [-0.39, 0.29) is 0 Å². The lowest BCUT2D eigenvalue weighted by atomic mass is 9.65. The van der Waals surface area contributed by atoms with Gasteiger partial charge in [-0.25, -0.2) is 0 Å². The van der Waals surface area contributed by atoms with Crippen molar-refractivity contribution in [3.63, 3.8) is 0 Å². The molecule has 0 saturated heterocycles. The van der Waals surface area contributed by atoms with Gasteiger partial charge in [-0.3, -0.25) is 0 Å². The molecule has 1 aromatic rings. The summed E-state index contributed by atoms with van der Waals surface area (Å²) in [5.41, 5.74) is 1.53. The van der Waals surface area contributed by atoms with Gasteiger partial charge in [-0.05, 0) is 86.0 Å². The van der Waals surface area contributed by atoms with E-state index in [0.717, 1.165) is 35.5 Å². The Hall–Kier alpha value is -0.780. The molecule has 3 rings (SSSR count). The van der Waals surface area contributed by atoms with Crippen LogP contribution in [0.2, 0.25) is 0 Å². The van der Waals surface area contributed by atoms with Gasteiger partial charge in [-0.2, -0.15) is 0 Å². The van der Waals surface area contributed by atoms with E-state index in [1.165, 1.54) is 82.6 Å². The predicted octanol–water partition coefficient (Wildman–Crippen LogP) is 8.30. The van der Waals surface area contributed by atoms with Gasteiger partial charge < -0.3 is 0 Å². The average Bonchev–Trinajstić information content (AvgIpc) is 2.73. The van der Waals surface area contributed by atoms with Gasteiger partial charge in [0, 0.05) is 0 Å². The molecule has 2 atom stereocenters. The second kappa shape index (κ2) is 10.7. The van der Waals surface area contributed by atoms with Crippen LogP contribution in [0.5, 0.6) is 0 Å². The Labute approximate surface area is 169 Å². The van der Waals surface area contributed by atoms with Crippen molar-refractivity contribution in [2.75, 3.05) is 0 Å². The monoisotopic (exact) mass is 368 g/mol. The van der Waals surface area contributed by atoms with Crippen LogP contribution in [0.4, 0.5) is 0 Å². The van der Waals surface area contributed by atoms with Crippen molar-refractivity contribution in [2.45, 2.75) is 97.8 Å². The summed E-state index contributed by atoms with van der Waals surface area (Å²) in [4.78, 5) is 0. The largest absolute Gasteiger partial charge is 0.0654 e. The molecule has 2 aliphatic carbocycles. The van der Waals surface area contributed by atoms with Gasteiger partial charge in [-0.1, -0.05) is 83.2 Å². The maximum absolute atomic E-state index is 2.61. The van der Waals surface area contributed by atoms with Gasteiger partial charge in [0.1, 0.15) is 0 Å². The van der Waals surface area contributed by atoms with E-state index in [0.29, 0.717) is 0 Å². The minimum atomic E-state index is 0.845. The molecule has 0 heterocycles. The molecule has 2 saturated carbocycles. The van der Waals surface area contributed by atoms with Crippen LogP contribution < -0.4 is 0 Å². The number of unbranched alkanes of at least 4 members (excludes halogenated alkanes) is 1. The van der Waals surface area contributed by atoms with Crippen LogP contribution in [0, 0.1) is 35.5 Å². The molecule has 1 aromatic carbocycles. The summed E-state index contributed by atoms with van der Waals surface area (Å²) in [5, 5.41) is 0. The molecular formula is C27H44. The summed E-state index contributed by atoms with van der Waals surface area (Å²) in [6, 6.07) is 11.1. The van der Waals surface area contributed by atoms with Gasteiger partial charge in [0.05, 0.1) is 0 Å². The maximum Gasteiger partial charge on any atom is -0.0250 e. The quantitative estimate of drug-likeness (QED) is 0.433. The second-order valence-corrected chi connectivity index (χ2v) is 10.1. The molecule has 2 unspecified atom stereocenters. The van der Waals surface area contributed by atoms with Crippen molar-refractivity contribution in [2.24, 2.45) is 35.5 Å². The Kier molecular flexibility index (Phi) is 8.28. The van der Waals surface area contributed by atoms with Crippen molar-refractivity contribution < 1.29 is 0 Å². The van der Waals surface area contributed by atoms with E-state index in [1.54, 1.807) is 0 Å². The highest BCUT2D eigenvalue weighted by Gasteiger charge is 2.33. The van der Waals surface area contributed by atoms with Gasteiger partial charge in [0.25, 0.3) is 0 Å². The third-order valence-electron chi connectivity index (χ3n) is 8.37. The molecule has 0 amide bonds. The molecule has 0 aromatic heterocycles. The van der Waals surface area contributed by atoms with E-state index < -0.39 is 0 Å². The number of hydrogen-bond donors (Lipinski definition) is 0. The average molecular weight is 369 g/mol. The smallest absolute Gasteiger partial charge is 0.0250 e. The van der Waals surface area contributed by atoms with E-state index in [4.69, 9.17) is 0 Å². The summed E-state index contributed by atoms with van der Waals surface area (Å²) in [6.07, 6.45) is 17.7. The van der Waals surface area contributed by atoms with Crippen LogP contribution in [0.3, 0.4) is 0 Å². The Morgan fingerprint density at radius 3 is 1.93 bits per heavy atom. The van der Waals surface area contributed by atoms with Crippen LogP contribution in [-0.2, 0) is 6.42 Å². The predicted molar refractivity (Wildman–Crippen MR) is 119 cm³/mol. The Balaban J connectivity index is 1.39. The van der Waals surface area contributed by atoms with Crippen LogP contribution >= 0.6 is 0 Å². The van der Waals surface area contributed by atoms with Gasteiger partial charge in [0.2, 0.25) is 0 Å². The molecule has 0 N–H and O–H groups in total. The van der Waals surface area contributed by atoms with Gasteiger partial charge >= 0.3 is 0 Å². The maximum atomic E-state index is 2.61. The summed E-state index contributed by atoms with van der Waals surface area (Å²) >= 11 is 0. The molecule has 0 heteroatoms. The lowest BCUT2D eigenvalue weighted by molar-refractivity contribution is 0.110. The second-order valence-electron chi connectivity index (χ2n) is 10.1. The first kappa shape index (κ1) is 20.9. The molecule has 2 aliphatic rings. The number of benzene rings is 1. The molecule has 0 spiro atoms. The van der Waals surface area contributed by atoms with Crippen molar-refractivity contribution >= 4 is 0 Å². The zero-order valence-electron chi connectivity index (χ0n) is 18.3. The van der Waals surface area contributed by atoms with Crippen molar-refractivity contribution in [3.8, 4) is 0 Å². The molecule has 2 fully saturated rings. The summed E-state index contributed by atoms with van der Waals surface area (Å²) in [7, 11) is 0. The summed E-state index contributed by atoms with van der Waals surface area (Å²) in [5.74, 6) is 5.88. The fourth-order valence-corrected chi connectivity index (χ4v) is 6.27. The van der Waals surface area contributed by atoms with Crippen molar-refractivity contribution in [3.05, 3.63) is 35.9 Å². The highest BCUT2D eigenvalue weighted by atomic mass is 14.4. The molecule has 0 aliphatic heterocycles. The molecule has 152 valence electrons. The lowest BCUT2D eigenvalue weighted by Crippen LogP contribution is -2.30. The van der Waals surface area contributed by atoms with Crippen LogP contribution in [-0.4, -0.2) is 0 Å². The van der Waals surface area contributed by atoms with Crippen LogP contribution in [0.25, 0.3) is 0 Å². The molecule has 0 nitrogen and oxygen atoms in total. The number of hydrogen-bond acceptors (Lipinski definition) is 0. The molecule has 0 bridgehead atoms. The van der Waals surface area contributed by atoms with E-state index in [9.17, 15) is 0 Å². The number of rotatable bonds is 8. The molecule has 27 heavy (non-hydrogen) atoms. The van der Waals surface area contributed by atoms with E-state index in [2.05, 4.69) is 51.1 Å². The zero-order valence-corrected chi connectivity index (χ0v) is 18.3. The first-order valence-corrected chi connectivity index (χ1v) is 12.2. The minimum Gasteiger partial charge on any atom is -0.0654 e. The third kappa shape index (κ3) is 6.10. The Morgan fingerprint density at radius 1 is 0.778 bits per heavy atom. The van der Waals surface area contributed by atoms with Crippen LogP contribution in [0.15, 0.2) is 30.3 Å². The van der Waals surface area contributed by atoms with E-state index in [1.807, 2.05) is 0 Å². The van der Waals surface area contributed by atoms with E-state index >= 15 is 0 Å². The highest BCUT2D eigenvalue weighted by molar-refractivity contribution is 5.15. The van der Waals surface area contributed by atoms with Gasteiger partial charge in [-0.15, -0.1) is 0 Å².